The minimum atomic E-state index is 0.861. The Labute approximate surface area is 96.1 Å². The first kappa shape index (κ1) is 10.9. The van der Waals surface area contributed by atoms with Crippen LogP contribution in [0.1, 0.15) is 30.3 Å². The van der Waals surface area contributed by atoms with Gasteiger partial charge < -0.3 is 4.57 Å². The summed E-state index contributed by atoms with van der Waals surface area (Å²) in [5.74, 6) is 1.05. The molecule has 0 atom stereocenters. The van der Waals surface area contributed by atoms with E-state index in [1.54, 1.807) is 0 Å². The highest BCUT2D eigenvalue weighted by Gasteiger charge is 2.04. The second-order valence-corrected chi connectivity index (χ2v) is 4.10. The predicted molar refractivity (Wildman–Crippen MR) is 64.3 cm³/mol. The summed E-state index contributed by atoms with van der Waals surface area (Å²) in [7, 11) is 0. The normalized spacial score (nSPS) is 10.6. The minimum absolute atomic E-state index is 0.861. The number of benzene rings is 1. The Hall–Kier alpha value is -1.64. The Morgan fingerprint density at radius 3 is 2.62 bits per heavy atom. The molecule has 0 saturated heterocycles. The van der Waals surface area contributed by atoms with Crippen molar-refractivity contribution in [3.8, 4) is 0 Å². The van der Waals surface area contributed by atoms with Crippen LogP contribution in [0.4, 0.5) is 0 Å². The Bertz CT molecular complexity index is 442. The van der Waals surface area contributed by atoms with Gasteiger partial charge in [0.1, 0.15) is 12.2 Å². The minimum Gasteiger partial charge on any atom is -0.317 e. The SMILES string of the molecule is CCCn1cnnc1Cc1ccc(C)cc1. The Kier molecular flexibility index (Phi) is 3.34. The van der Waals surface area contributed by atoms with Gasteiger partial charge in [-0.3, -0.25) is 0 Å². The van der Waals surface area contributed by atoms with E-state index in [-0.39, 0.29) is 0 Å². The van der Waals surface area contributed by atoms with Crippen LogP contribution in [0.5, 0.6) is 0 Å². The molecule has 0 aliphatic heterocycles. The summed E-state index contributed by atoms with van der Waals surface area (Å²) >= 11 is 0. The van der Waals surface area contributed by atoms with Crippen molar-refractivity contribution in [3.63, 3.8) is 0 Å². The fourth-order valence-electron chi connectivity index (χ4n) is 1.73. The number of hydrogen-bond acceptors (Lipinski definition) is 2. The summed E-state index contributed by atoms with van der Waals surface area (Å²) < 4.78 is 2.12. The zero-order valence-electron chi connectivity index (χ0n) is 9.85. The molecule has 16 heavy (non-hydrogen) atoms. The molecule has 0 spiro atoms. The van der Waals surface area contributed by atoms with Crippen LogP contribution in [-0.2, 0) is 13.0 Å². The summed E-state index contributed by atoms with van der Waals surface area (Å²) in [6.45, 7) is 5.26. The lowest BCUT2D eigenvalue weighted by Crippen LogP contribution is -2.03. The summed E-state index contributed by atoms with van der Waals surface area (Å²) in [5.41, 5.74) is 2.58. The molecule has 3 heteroatoms. The third-order valence-corrected chi connectivity index (χ3v) is 2.64. The maximum absolute atomic E-state index is 4.17. The first-order valence-corrected chi connectivity index (χ1v) is 5.72. The van der Waals surface area contributed by atoms with Crippen LogP contribution in [0.25, 0.3) is 0 Å². The van der Waals surface area contributed by atoms with Gasteiger partial charge in [-0.2, -0.15) is 0 Å². The highest BCUT2D eigenvalue weighted by molar-refractivity contribution is 5.23. The average Bonchev–Trinajstić information content (AvgIpc) is 2.70. The zero-order valence-corrected chi connectivity index (χ0v) is 9.85. The topological polar surface area (TPSA) is 30.7 Å². The Morgan fingerprint density at radius 2 is 1.94 bits per heavy atom. The van der Waals surface area contributed by atoms with Crippen molar-refractivity contribution in [1.29, 1.82) is 0 Å². The molecule has 0 amide bonds. The maximum atomic E-state index is 4.17. The molecule has 0 bridgehead atoms. The second-order valence-electron chi connectivity index (χ2n) is 4.10. The van der Waals surface area contributed by atoms with Gasteiger partial charge in [-0.15, -0.1) is 10.2 Å². The third kappa shape index (κ3) is 2.48. The van der Waals surface area contributed by atoms with Gasteiger partial charge in [0.05, 0.1) is 0 Å². The molecule has 2 aromatic rings. The summed E-state index contributed by atoms with van der Waals surface area (Å²) in [6.07, 6.45) is 3.78. The van der Waals surface area contributed by atoms with Gasteiger partial charge in [-0.25, -0.2) is 0 Å². The van der Waals surface area contributed by atoms with Gasteiger partial charge in [0.15, 0.2) is 0 Å². The number of aromatic nitrogens is 3. The number of aryl methyl sites for hydroxylation is 2. The Balaban J connectivity index is 2.13. The molecule has 0 aliphatic carbocycles. The molecule has 1 heterocycles. The molecule has 1 aromatic carbocycles. The van der Waals surface area contributed by atoms with Crippen LogP contribution in [0, 0.1) is 6.92 Å². The number of hydrogen-bond donors (Lipinski definition) is 0. The molecular formula is C13H17N3. The van der Waals surface area contributed by atoms with E-state index < -0.39 is 0 Å². The monoisotopic (exact) mass is 215 g/mol. The smallest absolute Gasteiger partial charge is 0.137 e. The van der Waals surface area contributed by atoms with Gasteiger partial charge in [0.2, 0.25) is 0 Å². The lowest BCUT2D eigenvalue weighted by atomic mass is 10.1. The second kappa shape index (κ2) is 4.92. The van der Waals surface area contributed by atoms with Crippen LogP contribution in [0.2, 0.25) is 0 Å². The molecule has 0 aliphatic rings. The zero-order chi connectivity index (χ0) is 11.4. The first-order valence-electron chi connectivity index (χ1n) is 5.72. The lowest BCUT2D eigenvalue weighted by molar-refractivity contribution is 0.646. The van der Waals surface area contributed by atoms with E-state index in [0.29, 0.717) is 0 Å². The van der Waals surface area contributed by atoms with E-state index in [2.05, 4.69) is 52.9 Å². The molecule has 3 nitrogen and oxygen atoms in total. The Morgan fingerprint density at radius 1 is 1.19 bits per heavy atom. The molecule has 0 unspecified atom stereocenters. The van der Waals surface area contributed by atoms with Crippen LogP contribution < -0.4 is 0 Å². The maximum Gasteiger partial charge on any atom is 0.137 e. The highest BCUT2D eigenvalue weighted by atomic mass is 15.3. The van der Waals surface area contributed by atoms with Crippen molar-refractivity contribution in [2.24, 2.45) is 0 Å². The molecule has 0 radical (unpaired) electrons. The quantitative estimate of drug-likeness (QED) is 0.784. The fourth-order valence-corrected chi connectivity index (χ4v) is 1.73. The van der Waals surface area contributed by atoms with Crippen molar-refractivity contribution in [2.75, 3.05) is 0 Å². The highest BCUT2D eigenvalue weighted by Crippen LogP contribution is 2.09. The molecule has 0 fully saturated rings. The van der Waals surface area contributed by atoms with E-state index in [9.17, 15) is 0 Å². The molecule has 2 rings (SSSR count). The summed E-state index contributed by atoms with van der Waals surface area (Å²) in [5, 5.41) is 8.13. The largest absolute Gasteiger partial charge is 0.317 e. The van der Waals surface area contributed by atoms with E-state index in [1.807, 2.05) is 6.33 Å². The van der Waals surface area contributed by atoms with Gasteiger partial charge >= 0.3 is 0 Å². The molecule has 84 valence electrons. The molecular weight excluding hydrogens is 198 g/mol. The average molecular weight is 215 g/mol. The van der Waals surface area contributed by atoms with Gasteiger partial charge in [-0.1, -0.05) is 36.8 Å². The van der Waals surface area contributed by atoms with Gasteiger partial charge in [0, 0.05) is 13.0 Å². The molecule has 0 N–H and O–H groups in total. The van der Waals surface area contributed by atoms with Crippen molar-refractivity contribution in [2.45, 2.75) is 33.2 Å². The van der Waals surface area contributed by atoms with E-state index in [0.717, 1.165) is 25.2 Å². The summed E-state index contributed by atoms with van der Waals surface area (Å²) in [6, 6.07) is 8.58. The molecule has 0 saturated carbocycles. The fraction of sp³-hybridized carbons (Fsp3) is 0.385. The van der Waals surface area contributed by atoms with Crippen LogP contribution >= 0.6 is 0 Å². The lowest BCUT2D eigenvalue weighted by Gasteiger charge is -2.05. The van der Waals surface area contributed by atoms with Crippen molar-refractivity contribution in [3.05, 3.63) is 47.5 Å². The van der Waals surface area contributed by atoms with E-state index >= 15 is 0 Å². The van der Waals surface area contributed by atoms with Crippen LogP contribution in [0.3, 0.4) is 0 Å². The van der Waals surface area contributed by atoms with Crippen molar-refractivity contribution >= 4 is 0 Å². The standard InChI is InChI=1S/C13H17N3/c1-3-8-16-10-14-15-13(16)9-12-6-4-11(2)5-7-12/h4-7,10H,3,8-9H2,1-2H3. The third-order valence-electron chi connectivity index (χ3n) is 2.64. The predicted octanol–water partition coefficient (Wildman–Crippen LogP) is 2.59. The van der Waals surface area contributed by atoms with Crippen LogP contribution in [0.15, 0.2) is 30.6 Å². The van der Waals surface area contributed by atoms with E-state index in [4.69, 9.17) is 0 Å². The first-order chi connectivity index (χ1) is 7.79. The van der Waals surface area contributed by atoms with Crippen LogP contribution in [-0.4, -0.2) is 14.8 Å². The van der Waals surface area contributed by atoms with Gasteiger partial charge in [-0.05, 0) is 18.9 Å². The van der Waals surface area contributed by atoms with E-state index in [1.165, 1.54) is 11.1 Å². The van der Waals surface area contributed by atoms with Crippen molar-refractivity contribution < 1.29 is 0 Å². The number of nitrogens with zero attached hydrogens (tertiary/aromatic N) is 3. The van der Waals surface area contributed by atoms with Gasteiger partial charge in [0.25, 0.3) is 0 Å². The molecule has 1 aromatic heterocycles. The van der Waals surface area contributed by atoms with Crippen molar-refractivity contribution in [1.82, 2.24) is 14.8 Å². The number of rotatable bonds is 4. The summed E-state index contributed by atoms with van der Waals surface area (Å²) in [4.78, 5) is 0.